The summed E-state index contributed by atoms with van der Waals surface area (Å²) >= 11 is 0. The number of carboxylic acids is 1. The molecular weight excluding hydrogens is 352 g/mol. The van der Waals surface area contributed by atoms with Gasteiger partial charge in [0, 0.05) is 12.5 Å². The first-order valence-electron chi connectivity index (χ1n) is 11.3. The molecule has 0 amide bonds. The number of rotatable bonds is 20. The van der Waals surface area contributed by atoms with Crippen LogP contribution in [0.5, 0.6) is 0 Å². The Labute approximate surface area is 172 Å². The van der Waals surface area contributed by atoms with Gasteiger partial charge in [0.2, 0.25) is 0 Å². The van der Waals surface area contributed by atoms with Gasteiger partial charge in [-0.3, -0.25) is 4.79 Å². The molecule has 0 aromatic rings. The number of aliphatic carboxylic acids is 1. The second-order valence-electron chi connectivity index (χ2n) is 7.72. The van der Waals surface area contributed by atoms with Crippen LogP contribution in [-0.2, 0) is 9.59 Å². The molecule has 0 heterocycles. The molecule has 0 saturated heterocycles. The van der Waals surface area contributed by atoms with E-state index in [2.05, 4.69) is 19.1 Å². The quantitative estimate of drug-likeness (QED) is 0.143. The first kappa shape index (κ1) is 26.6. The predicted octanol–water partition coefficient (Wildman–Crippen LogP) is 6.37. The van der Waals surface area contributed by atoms with Crippen LogP contribution in [0.25, 0.3) is 0 Å². The molecule has 4 heteroatoms. The summed E-state index contributed by atoms with van der Waals surface area (Å²) in [6, 6.07) is 0. The van der Waals surface area contributed by atoms with E-state index < -0.39 is 12.1 Å². The fourth-order valence-corrected chi connectivity index (χ4v) is 3.19. The molecule has 0 aromatic heterocycles. The fraction of sp³-hybridized carbons (Fsp3) is 0.750. The minimum Gasteiger partial charge on any atom is -0.478 e. The average molecular weight is 395 g/mol. The molecule has 1 unspecified atom stereocenters. The maximum absolute atomic E-state index is 11.4. The maximum atomic E-state index is 11.4. The van der Waals surface area contributed by atoms with Gasteiger partial charge in [-0.1, -0.05) is 83.3 Å². The van der Waals surface area contributed by atoms with Gasteiger partial charge < -0.3 is 10.2 Å². The highest BCUT2D eigenvalue weighted by molar-refractivity contribution is 5.95. The molecule has 0 fully saturated rings. The molecule has 0 radical (unpaired) electrons. The van der Waals surface area contributed by atoms with Crippen molar-refractivity contribution in [3.05, 3.63) is 24.3 Å². The molecule has 0 aliphatic carbocycles. The van der Waals surface area contributed by atoms with E-state index in [4.69, 9.17) is 5.11 Å². The van der Waals surface area contributed by atoms with Gasteiger partial charge in [0.1, 0.15) is 0 Å². The van der Waals surface area contributed by atoms with Crippen molar-refractivity contribution in [1.29, 1.82) is 0 Å². The van der Waals surface area contributed by atoms with Crippen LogP contribution in [0.3, 0.4) is 0 Å². The van der Waals surface area contributed by atoms with E-state index in [1.54, 1.807) is 0 Å². The van der Waals surface area contributed by atoms with E-state index in [9.17, 15) is 14.7 Å². The maximum Gasteiger partial charge on any atom is 0.328 e. The molecule has 28 heavy (non-hydrogen) atoms. The number of hydrogen-bond donors (Lipinski definition) is 2. The van der Waals surface area contributed by atoms with Gasteiger partial charge in [-0.15, -0.1) is 0 Å². The molecule has 0 aromatic carbocycles. The van der Waals surface area contributed by atoms with Crippen LogP contribution in [0.4, 0.5) is 0 Å². The van der Waals surface area contributed by atoms with Crippen molar-refractivity contribution >= 4 is 11.8 Å². The summed E-state index contributed by atoms with van der Waals surface area (Å²) in [6.45, 7) is 2.25. The van der Waals surface area contributed by atoms with Gasteiger partial charge in [-0.25, -0.2) is 4.79 Å². The van der Waals surface area contributed by atoms with Crippen LogP contribution in [0.2, 0.25) is 0 Å². The van der Waals surface area contributed by atoms with E-state index in [0.29, 0.717) is 6.42 Å². The molecule has 0 rings (SSSR count). The summed E-state index contributed by atoms with van der Waals surface area (Å²) in [5.74, 6) is -1.47. The number of ketones is 1. The summed E-state index contributed by atoms with van der Waals surface area (Å²) in [6.07, 6.45) is 23.9. The largest absolute Gasteiger partial charge is 0.478 e. The Morgan fingerprint density at radius 3 is 1.79 bits per heavy atom. The third-order valence-electron chi connectivity index (χ3n) is 4.90. The predicted molar refractivity (Wildman–Crippen MR) is 116 cm³/mol. The molecule has 0 saturated carbocycles. The van der Waals surface area contributed by atoms with Crippen molar-refractivity contribution in [3.63, 3.8) is 0 Å². The second-order valence-corrected chi connectivity index (χ2v) is 7.72. The fourth-order valence-electron chi connectivity index (χ4n) is 3.19. The molecule has 0 aliphatic heterocycles. The Kier molecular flexibility index (Phi) is 19.3. The van der Waals surface area contributed by atoms with Crippen molar-refractivity contribution in [1.82, 2.24) is 0 Å². The Morgan fingerprint density at radius 1 is 0.750 bits per heavy atom. The number of aliphatic hydroxyl groups is 1. The van der Waals surface area contributed by atoms with E-state index in [1.165, 1.54) is 77.0 Å². The highest BCUT2D eigenvalue weighted by Gasteiger charge is 2.08. The zero-order chi connectivity index (χ0) is 20.9. The zero-order valence-corrected chi connectivity index (χ0v) is 17.9. The summed E-state index contributed by atoms with van der Waals surface area (Å²) in [4.78, 5) is 21.7. The third kappa shape index (κ3) is 20.9. The van der Waals surface area contributed by atoms with E-state index in [1.807, 2.05) is 0 Å². The summed E-state index contributed by atoms with van der Waals surface area (Å²) < 4.78 is 0. The molecule has 2 N–H and O–H groups in total. The highest BCUT2D eigenvalue weighted by atomic mass is 16.4. The molecule has 1 atom stereocenters. The van der Waals surface area contributed by atoms with Gasteiger partial charge in [0.15, 0.2) is 5.78 Å². The Hall–Kier alpha value is -1.42. The first-order valence-corrected chi connectivity index (χ1v) is 11.3. The van der Waals surface area contributed by atoms with Gasteiger partial charge in [0.25, 0.3) is 0 Å². The standard InChI is InChI=1S/C24H42O4/c1-2-3-4-5-6-7-8-9-10-11-12-13-14-15-16-17-18-22(25)21-23(26)19-20-24(27)28/h8-9,19-20,22,25H,2-7,10-18,21H2,1H3,(H,27,28)/b9-8-,20-19+. The van der Waals surface area contributed by atoms with E-state index in [0.717, 1.165) is 25.0 Å². The Balaban J connectivity index is 3.35. The number of unbranched alkanes of at least 4 members (excludes halogenated alkanes) is 12. The molecular formula is C24H42O4. The second kappa shape index (κ2) is 20.3. The average Bonchev–Trinajstić information content (AvgIpc) is 2.66. The van der Waals surface area contributed by atoms with Crippen molar-refractivity contribution < 1.29 is 19.8 Å². The molecule has 4 nitrogen and oxygen atoms in total. The number of allylic oxidation sites excluding steroid dienone is 3. The number of aliphatic hydroxyl groups excluding tert-OH is 1. The third-order valence-corrected chi connectivity index (χ3v) is 4.90. The Morgan fingerprint density at radius 2 is 1.25 bits per heavy atom. The summed E-state index contributed by atoms with van der Waals surface area (Å²) in [5.41, 5.74) is 0. The number of hydrogen-bond acceptors (Lipinski definition) is 3. The summed E-state index contributed by atoms with van der Waals surface area (Å²) in [7, 11) is 0. The van der Waals surface area contributed by atoms with Gasteiger partial charge >= 0.3 is 5.97 Å². The van der Waals surface area contributed by atoms with E-state index >= 15 is 0 Å². The van der Waals surface area contributed by atoms with Gasteiger partial charge in [0.05, 0.1) is 6.10 Å². The minimum atomic E-state index is -1.14. The SMILES string of the molecule is CCCCCCC/C=C\CCCCCCCCCC(O)CC(=O)/C=C/C(=O)O. The highest BCUT2D eigenvalue weighted by Crippen LogP contribution is 2.12. The molecule has 0 aliphatic rings. The lowest BCUT2D eigenvalue weighted by molar-refractivity contribution is -0.131. The van der Waals surface area contributed by atoms with Crippen molar-refractivity contribution in [3.8, 4) is 0 Å². The monoisotopic (exact) mass is 394 g/mol. The normalized spacial score (nSPS) is 12.8. The van der Waals surface area contributed by atoms with Crippen LogP contribution >= 0.6 is 0 Å². The number of carbonyl (C=O) groups excluding carboxylic acids is 1. The van der Waals surface area contributed by atoms with Crippen molar-refractivity contribution in [2.75, 3.05) is 0 Å². The van der Waals surface area contributed by atoms with Crippen LogP contribution < -0.4 is 0 Å². The lowest BCUT2D eigenvalue weighted by Gasteiger charge is -2.08. The first-order chi connectivity index (χ1) is 13.6. The van der Waals surface area contributed by atoms with Crippen LogP contribution in [0.1, 0.15) is 110 Å². The Bertz CT molecular complexity index is 440. The topological polar surface area (TPSA) is 74.6 Å². The minimum absolute atomic E-state index is 0.00996. The molecule has 0 spiro atoms. The van der Waals surface area contributed by atoms with E-state index in [-0.39, 0.29) is 12.2 Å². The van der Waals surface area contributed by atoms with Crippen LogP contribution in [-0.4, -0.2) is 28.1 Å². The molecule has 0 bridgehead atoms. The number of carboxylic acid groups (broad SMARTS) is 1. The lowest BCUT2D eigenvalue weighted by atomic mass is 10.0. The summed E-state index contributed by atoms with van der Waals surface area (Å²) in [5, 5.41) is 18.2. The van der Waals surface area contributed by atoms with Crippen molar-refractivity contribution in [2.24, 2.45) is 0 Å². The van der Waals surface area contributed by atoms with Crippen molar-refractivity contribution in [2.45, 2.75) is 116 Å². The smallest absolute Gasteiger partial charge is 0.328 e. The van der Waals surface area contributed by atoms with Crippen LogP contribution in [0, 0.1) is 0 Å². The van der Waals surface area contributed by atoms with Crippen LogP contribution in [0.15, 0.2) is 24.3 Å². The lowest BCUT2D eigenvalue weighted by Crippen LogP contribution is -2.12. The number of carbonyl (C=O) groups is 2. The molecule has 162 valence electrons. The zero-order valence-electron chi connectivity index (χ0n) is 17.9. The van der Waals surface area contributed by atoms with Gasteiger partial charge in [-0.05, 0) is 38.2 Å². The van der Waals surface area contributed by atoms with Gasteiger partial charge in [-0.2, -0.15) is 0 Å².